The highest BCUT2D eigenvalue weighted by Crippen LogP contribution is 2.38. The molecule has 0 spiro atoms. The summed E-state index contributed by atoms with van der Waals surface area (Å²) in [5.41, 5.74) is -0.00329. The molecule has 2 heteroatoms. The van der Waals surface area contributed by atoms with Gasteiger partial charge in [0.2, 0.25) is 0 Å². The molecule has 0 aromatic carbocycles. The van der Waals surface area contributed by atoms with Crippen LogP contribution in [0.15, 0.2) is 0 Å². The molecule has 0 aromatic heterocycles. The van der Waals surface area contributed by atoms with Crippen LogP contribution in [0.2, 0.25) is 0 Å². The average Bonchev–Trinajstić information content (AvgIpc) is 2.26. The Morgan fingerprint density at radius 1 is 1.25 bits per heavy atom. The second-order valence-electron chi connectivity index (χ2n) is 6.19. The molecule has 2 N–H and O–H groups in total. The van der Waals surface area contributed by atoms with E-state index in [0.717, 1.165) is 13.0 Å². The van der Waals surface area contributed by atoms with E-state index in [1.54, 1.807) is 0 Å². The summed E-state index contributed by atoms with van der Waals surface area (Å²) in [4.78, 5) is 0. The fourth-order valence-electron chi connectivity index (χ4n) is 3.12. The third-order valence-corrected chi connectivity index (χ3v) is 4.05. The van der Waals surface area contributed by atoms with Crippen LogP contribution >= 0.6 is 0 Å². The van der Waals surface area contributed by atoms with Crippen LogP contribution in [0.4, 0.5) is 0 Å². The second kappa shape index (κ2) is 6.02. The summed E-state index contributed by atoms with van der Waals surface area (Å²) in [6.45, 7) is 10.3. The minimum Gasteiger partial charge on any atom is -0.394 e. The van der Waals surface area contributed by atoms with Crippen molar-refractivity contribution in [1.82, 2.24) is 5.32 Å². The fraction of sp³-hybridized carbons (Fsp3) is 1.00. The van der Waals surface area contributed by atoms with Crippen LogP contribution in [0.25, 0.3) is 0 Å². The van der Waals surface area contributed by atoms with E-state index >= 15 is 0 Å². The molecule has 1 fully saturated rings. The molecule has 0 aliphatic heterocycles. The summed E-state index contributed by atoms with van der Waals surface area (Å²) in [6, 6.07) is 0. The van der Waals surface area contributed by atoms with Crippen molar-refractivity contribution in [2.24, 2.45) is 17.8 Å². The van der Waals surface area contributed by atoms with Crippen LogP contribution in [-0.4, -0.2) is 23.8 Å². The van der Waals surface area contributed by atoms with Gasteiger partial charge in [-0.3, -0.25) is 0 Å². The first-order valence-corrected chi connectivity index (χ1v) is 6.87. The zero-order chi connectivity index (χ0) is 12.2. The highest BCUT2D eigenvalue weighted by molar-refractivity contribution is 4.98. The third kappa shape index (κ3) is 3.21. The highest BCUT2D eigenvalue weighted by atomic mass is 16.3. The largest absolute Gasteiger partial charge is 0.394 e. The zero-order valence-electron chi connectivity index (χ0n) is 11.4. The Hall–Kier alpha value is -0.0800. The Labute approximate surface area is 101 Å². The average molecular weight is 227 g/mol. The Balaban J connectivity index is 2.71. The molecule has 1 aliphatic rings. The van der Waals surface area contributed by atoms with Crippen LogP contribution in [-0.2, 0) is 0 Å². The van der Waals surface area contributed by atoms with Gasteiger partial charge in [0.25, 0.3) is 0 Å². The van der Waals surface area contributed by atoms with Crippen molar-refractivity contribution in [3.63, 3.8) is 0 Å². The van der Waals surface area contributed by atoms with Gasteiger partial charge in [-0.25, -0.2) is 0 Å². The molecule has 16 heavy (non-hydrogen) atoms. The van der Waals surface area contributed by atoms with Gasteiger partial charge in [0.1, 0.15) is 0 Å². The Bertz CT molecular complexity index is 203. The van der Waals surface area contributed by atoms with Crippen molar-refractivity contribution in [2.45, 2.75) is 58.9 Å². The van der Waals surface area contributed by atoms with Crippen LogP contribution in [0, 0.1) is 17.8 Å². The Kier molecular flexibility index (Phi) is 5.26. The second-order valence-corrected chi connectivity index (χ2v) is 6.19. The van der Waals surface area contributed by atoms with E-state index in [9.17, 15) is 5.11 Å². The molecule has 0 amide bonds. The molecular weight excluding hydrogens is 198 g/mol. The molecule has 2 atom stereocenters. The molecule has 0 radical (unpaired) electrons. The zero-order valence-corrected chi connectivity index (χ0v) is 11.4. The van der Waals surface area contributed by atoms with Gasteiger partial charge in [-0.15, -0.1) is 0 Å². The van der Waals surface area contributed by atoms with Gasteiger partial charge in [-0.2, -0.15) is 0 Å². The van der Waals surface area contributed by atoms with Gasteiger partial charge in [-0.1, -0.05) is 40.5 Å². The lowest BCUT2D eigenvalue weighted by atomic mass is 9.68. The summed E-state index contributed by atoms with van der Waals surface area (Å²) in [7, 11) is 0. The summed E-state index contributed by atoms with van der Waals surface area (Å²) >= 11 is 0. The lowest BCUT2D eigenvalue weighted by Crippen LogP contribution is -2.58. The number of aliphatic hydroxyl groups excluding tert-OH is 1. The molecule has 2 unspecified atom stereocenters. The predicted octanol–water partition coefficient (Wildman–Crippen LogP) is 2.81. The maximum absolute atomic E-state index is 9.81. The van der Waals surface area contributed by atoms with Gasteiger partial charge in [0.05, 0.1) is 6.61 Å². The summed E-state index contributed by atoms with van der Waals surface area (Å²) in [5, 5.41) is 13.5. The van der Waals surface area contributed by atoms with Crippen molar-refractivity contribution in [3.8, 4) is 0 Å². The van der Waals surface area contributed by atoms with Crippen LogP contribution in [0.1, 0.15) is 53.4 Å². The monoisotopic (exact) mass is 227 g/mol. The van der Waals surface area contributed by atoms with E-state index in [-0.39, 0.29) is 5.54 Å². The van der Waals surface area contributed by atoms with Gasteiger partial charge < -0.3 is 10.4 Å². The van der Waals surface area contributed by atoms with Crippen LogP contribution < -0.4 is 5.32 Å². The lowest BCUT2D eigenvalue weighted by Gasteiger charge is -2.46. The first-order valence-electron chi connectivity index (χ1n) is 6.87. The third-order valence-electron chi connectivity index (χ3n) is 4.05. The van der Waals surface area contributed by atoms with Gasteiger partial charge in [0, 0.05) is 5.54 Å². The van der Waals surface area contributed by atoms with E-state index in [4.69, 9.17) is 0 Å². The smallest absolute Gasteiger partial charge is 0.0616 e. The lowest BCUT2D eigenvalue weighted by molar-refractivity contribution is 0.0401. The minimum absolute atomic E-state index is 0.00329. The molecule has 0 bridgehead atoms. The molecule has 1 rings (SSSR count). The number of rotatable bonds is 5. The van der Waals surface area contributed by atoms with E-state index in [2.05, 4.69) is 33.0 Å². The molecule has 0 aromatic rings. The SMILES string of the molecule is CC(C)CNC1(CO)CCCCC1C(C)C. The van der Waals surface area contributed by atoms with Crippen LogP contribution in [0.3, 0.4) is 0 Å². The molecule has 1 aliphatic carbocycles. The molecule has 1 saturated carbocycles. The molecule has 2 nitrogen and oxygen atoms in total. The normalized spacial score (nSPS) is 31.3. The molecule has 0 heterocycles. The number of hydrogen-bond acceptors (Lipinski definition) is 2. The van der Waals surface area contributed by atoms with E-state index in [1.165, 1.54) is 19.3 Å². The molecule has 0 saturated heterocycles. The first-order chi connectivity index (χ1) is 7.52. The maximum Gasteiger partial charge on any atom is 0.0616 e. The maximum atomic E-state index is 9.81. The summed E-state index contributed by atoms with van der Waals surface area (Å²) in [5.74, 6) is 1.94. The molecular formula is C14H29NO. The number of nitrogens with one attached hydrogen (secondary N) is 1. The summed E-state index contributed by atoms with van der Waals surface area (Å²) < 4.78 is 0. The van der Waals surface area contributed by atoms with Gasteiger partial charge in [0.15, 0.2) is 0 Å². The van der Waals surface area contributed by atoms with E-state index < -0.39 is 0 Å². The van der Waals surface area contributed by atoms with Crippen LogP contribution in [0.5, 0.6) is 0 Å². The van der Waals surface area contributed by atoms with Gasteiger partial charge in [-0.05, 0) is 37.1 Å². The highest BCUT2D eigenvalue weighted by Gasteiger charge is 2.41. The van der Waals surface area contributed by atoms with E-state index in [0.29, 0.717) is 24.4 Å². The van der Waals surface area contributed by atoms with Crippen molar-refractivity contribution >= 4 is 0 Å². The Morgan fingerprint density at radius 2 is 1.94 bits per heavy atom. The topological polar surface area (TPSA) is 32.3 Å². The van der Waals surface area contributed by atoms with Crippen molar-refractivity contribution in [3.05, 3.63) is 0 Å². The predicted molar refractivity (Wildman–Crippen MR) is 69.5 cm³/mol. The minimum atomic E-state index is -0.00329. The standard InChI is InChI=1S/C14H29NO/c1-11(2)9-15-14(10-16)8-6-5-7-13(14)12(3)4/h11-13,15-16H,5-10H2,1-4H3. The number of aliphatic hydroxyl groups is 1. The van der Waals surface area contributed by atoms with Crippen molar-refractivity contribution in [1.29, 1.82) is 0 Å². The quantitative estimate of drug-likeness (QED) is 0.757. The van der Waals surface area contributed by atoms with Crippen molar-refractivity contribution in [2.75, 3.05) is 13.2 Å². The van der Waals surface area contributed by atoms with E-state index in [1.807, 2.05) is 0 Å². The molecule has 96 valence electrons. The van der Waals surface area contributed by atoms with Crippen molar-refractivity contribution < 1.29 is 5.11 Å². The summed E-state index contributed by atoms with van der Waals surface area (Å²) in [6.07, 6.45) is 4.99. The fourth-order valence-corrected chi connectivity index (χ4v) is 3.12. The first kappa shape index (κ1) is 14.0. The Morgan fingerprint density at radius 3 is 2.44 bits per heavy atom. The number of hydrogen-bond donors (Lipinski definition) is 2. The van der Waals surface area contributed by atoms with Gasteiger partial charge >= 0.3 is 0 Å².